The van der Waals surface area contributed by atoms with Crippen LogP contribution in [0.4, 0.5) is 0 Å². The fraction of sp³-hybridized carbons (Fsp3) is 0.312. The molecule has 0 spiro atoms. The van der Waals surface area contributed by atoms with Gasteiger partial charge in [0, 0.05) is 13.0 Å². The lowest BCUT2D eigenvalue weighted by Crippen LogP contribution is -2.28. The van der Waals surface area contributed by atoms with Gasteiger partial charge in [-0.3, -0.25) is 4.79 Å². The number of aliphatic hydroxyl groups excluding tert-OH is 1. The Balaban J connectivity index is 1.63. The highest BCUT2D eigenvalue weighted by Crippen LogP contribution is 2.15. The van der Waals surface area contributed by atoms with Crippen LogP contribution in [-0.4, -0.2) is 17.6 Å². The van der Waals surface area contributed by atoms with E-state index in [-0.39, 0.29) is 12.5 Å². The lowest BCUT2D eigenvalue weighted by molar-refractivity contribution is -0.121. The minimum absolute atomic E-state index is 0.00443. The highest BCUT2D eigenvalue weighted by molar-refractivity contribution is 7.07. The molecule has 2 N–H and O–H groups in total. The van der Waals surface area contributed by atoms with Crippen LogP contribution in [0.25, 0.3) is 0 Å². The third-order valence-corrected chi connectivity index (χ3v) is 3.83. The monoisotopic (exact) mass is 289 g/mol. The number of amides is 1. The first-order valence-corrected chi connectivity index (χ1v) is 7.71. The molecule has 0 radical (unpaired) electrons. The van der Waals surface area contributed by atoms with Crippen molar-refractivity contribution < 1.29 is 9.90 Å². The number of carbonyl (C=O) groups is 1. The molecule has 1 aromatic heterocycles. The second-order valence-corrected chi connectivity index (χ2v) is 5.50. The van der Waals surface area contributed by atoms with E-state index in [0.717, 1.165) is 18.4 Å². The summed E-state index contributed by atoms with van der Waals surface area (Å²) in [6.45, 7) is 0.279. The van der Waals surface area contributed by atoms with Crippen LogP contribution in [0.3, 0.4) is 0 Å². The molecule has 1 amide bonds. The number of aliphatic hydroxyl groups is 1. The Bertz CT molecular complexity index is 511. The fourth-order valence-electron chi connectivity index (χ4n) is 1.98. The Kier molecular flexibility index (Phi) is 5.77. The topological polar surface area (TPSA) is 49.3 Å². The number of hydrogen-bond acceptors (Lipinski definition) is 3. The molecule has 1 heterocycles. The highest BCUT2D eigenvalue weighted by atomic mass is 32.1. The second kappa shape index (κ2) is 7.82. The Hall–Kier alpha value is -1.65. The first-order valence-electron chi connectivity index (χ1n) is 6.76. The maximum absolute atomic E-state index is 11.7. The van der Waals surface area contributed by atoms with Crippen LogP contribution in [0.5, 0.6) is 0 Å². The van der Waals surface area contributed by atoms with Crippen LogP contribution in [0.1, 0.15) is 30.1 Å². The molecule has 2 aromatic rings. The summed E-state index contributed by atoms with van der Waals surface area (Å²) in [4.78, 5) is 11.7. The summed E-state index contributed by atoms with van der Waals surface area (Å²) in [7, 11) is 0. The van der Waals surface area contributed by atoms with Gasteiger partial charge in [-0.25, -0.2) is 0 Å². The van der Waals surface area contributed by atoms with E-state index < -0.39 is 6.10 Å². The van der Waals surface area contributed by atoms with Crippen LogP contribution < -0.4 is 5.32 Å². The smallest absolute Gasteiger partial charge is 0.220 e. The molecule has 0 saturated heterocycles. The van der Waals surface area contributed by atoms with Crippen molar-refractivity contribution in [1.82, 2.24) is 5.32 Å². The minimum Gasteiger partial charge on any atom is -0.387 e. The van der Waals surface area contributed by atoms with Gasteiger partial charge in [0.05, 0.1) is 6.10 Å². The molecule has 1 aromatic carbocycles. The lowest BCUT2D eigenvalue weighted by atomic mass is 10.1. The summed E-state index contributed by atoms with van der Waals surface area (Å²) in [5, 5.41) is 16.4. The third kappa shape index (κ3) is 4.79. The molecule has 1 unspecified atom stereocenters. The van der Waals surface area contributed by atoms with Crippen molar-refractivity contribution in [2.24, 2.45) is 0 Å². The Labute approximate surface area is 123 Å². The van der Waals surface area contributed by atoms with Gasteiger partial charge in [-0.15, -0.1) is 0 Å². The first-order chi connectivity index (χ1) is 9.75. The molecule has 4 heteroatoms. The van der Waals surface area contributed by atoms with Crippen molar-refractivity contribution in [3.63, 3.8) is 0 Å². The quantitative estimate of drug-likeness (QED) is 0.823. The predicted octanol–water partition coefficient (Wildman–Crippen LogP) is 2.92. The molecule has 0 aliphatic rings. The third-order valence-electron chi connectivity index (χ3n) is 3.13. The number of benzene rings is 1. The van der Waals surface area contributed by atoms with Crippen LogP contribution in [0.2, 0.25) is 0 Å². The molecule has 0 fully saturated rings. The summed E-state index contributed by atoms with van der Waals surface area (Å²) in [6, 6.07) is 12.0. The van der Waals surface area contributed by atoms with Gasteiger partial charge in [-0.05, 0) is 40.8 Å². The zero-order valence-electron chi connectivity index (χ0n) is 11.3. The van der Waals surface area contributed by atoms with Crippen LogP contribution >= 0.6 is 11.3 Å². The van der Waals surface area contributed by atoms with Gasteiger partial charge in [0.25, 0.3) is 0 Å². The van der Waals surface area contributed by atoms with Gasteiger partial charge in [-0.2, -0.15) is 11.3 Å². The average molecular weight is 289 g/mol. The molecule has 1 atom stereocenters. The average Bonchev–Trinajstić information content (AvgIpc) is 3.00. The molecular formula is C16H19NO2S. The number of thiophene rings is 1. The normalized spacial score (nSPS) is 12.1. The van der Waals surface area contributed by atoms with Crippen molar-refractivity contribution >= 4 is 17.2 Å². The van der Waals surface area contributed by atoms with E-state index in [1.54, 1.807) is 11.3 Å². The maximum Gasteiger partial charge on any atom is 0.220 e. The van der Waals surface area contributed by atoms with E-state index >= 15 is 0 Å². The van der Waals surface area contributed by atoms with E-state index in [0.29, 0.717) is 6.42 Å². The van der Waals surface area contributed by atoms with E-state index in [1.807, 2.05) is 35.0 Å². The molecule has 2 rings (SSSR count). The van der Waals surface area contributed by atoms with Gasteiger partial charge in [0.15, 0.2) is 0 Å². The molecule has 106 valence electrons. The zero-order valence-corrected chi connectivity index (χ0v) is 12.1. The Morgan fingerprint density at radius 3 is 2.75 bits per heavy atom. The van der Waals surface area contributed by atoms with E-state index in [4.69, 9.17) is 0 Å². The summed E-state index contributed by atoms with van der Waals surface area (Å²) in [5.41, 5.74) is 2.11. The highest BCUT2D eigenvalue weighted by Gasteiger charge is 2.09. The Morgan fingerprint density at radius 2 is 2.05 bits per heavy atom. The number of aryl methyl sites for hydroxylation is 1. The second-order valence-electron chi connectivity index (χ2n) is 4.72. The number of hydrogen-bond donors (Lipinski definition) is 2. The maximum atomic E-state index is 11.7. The largest absolute Gasteiger partial charge is 0.387 e. The number of rotatable bonds is 7. The Morgan fingerprint density at radius 1 is 1.25 bits per heavy atom. The molecule has 0 aliphatic heterocycles. The minimum atomic E-state index is -0.612. The lowest BCUT2D eigenvalue weighted by Gasteiger charge is -2.10. The fourth-order valence-corrected chi connectivity index (χ4v) is 2.69. The van der Waals surface area contributed by atoms with Crippen LogP contribution in [0, 0.1) is 0 Å². The molecule has 20 heavy (non-hydrogen) atoms. The van der Waals surface area contributed by atoms with Crippen LogP contribution in [0.15, 0.2) is 47.2 Å². The summed E-state index contributed by atoms with van der Waals surface area (Å²) in [6.07, 6.45) is 1.61. The van der Waals surface area contributed by atoms with Crippen LogP contribution in [-0.2, 0) is 11.2 Å². The van der Waals surface area contributed by atoms with Gasteiger partial charge >= 0.3 is 0 Å². The van der Waals surface area contributed by atoms with Gasteiger partial charge < -0.3 is 10.4 Å². The van der Waals surface area contributed by atoms with Gasteiger partial charge in [0.2, 0.25) is 5.91 Å². The molecule has 0 aliphatic carbocycles. The van der Waals surface area contributed by atoms with Crippen molar-refractivity contribution in [1.29, 1.82) is 0 Å². The van der Waals surface area contributed by atoms with Crippen molar-refractivity contribution in [2.45, 2.75) is 25.4 Å². The molecular weight excluding hydrogens is 270 g/mol. The van der Waals surface area contributed by atoms with Gasteiger partial charge in [-0.1, -0.05) is 30.3 Å². The van der Waals surface area contributed by atoms with Gasteiger partial charge in [0.1, 0.15) is 0 Å². The predicted molar refractivity (Wildman–Crippen MR) is 81.7 cm³/mol. The standard InChI is InChI=1S/C16H19NO2S/c18-15(14-9-10-20-12-14)11-17-16(19)8-4-7-13-5-2-1-3-6-13/h1-3,5-6,9-10,12,15,18H,4,7-8,11H2,(H,17,19). The molecule has 0 bridgehead atoms. The first kappa shape index (κ1) is 14.8. The SMILES string of the molecule is O=C(CCCc1ccccc1)NCC(O)c1ccsc1. The molecule has 3 nitrogen and oxygen atoms in total. The van der Waals surface area contributed by atoms with Crippen molar-refractivity contribution in [3.8, 4) is 0 Å². The summed E-state index contributed by atoms with van der Waals surface area (Å²) in [5.74, 6) is -0.00443. The zero-order chi connectivity index (χ0) is 14.2. The number of carbonyl (C=O) groups excluding carboxylic acids is 1. The van der Waals surface area contributed by atoms with Crippen molar-refractivity contribution in [3.05, 3.63) is 58.3 Å². The van der Waals surface area contributed by atoms with E-state index in [9.17, 15) is 9.90 Å². The number of nitrogens with one attached hydrogen (secondary N) is 1. The summed E-state index contributed by atoms with van der Waals surface area (Å²) >= 11 is 1.54. The van der Waals surface area contributed by atoms with E-state index in [2.05, 4.69) is 17.4 Å². The molecule has 0 saturated carbocycles. The van der Waals surface area contributed by atoms with Crippen molar-refractivity contribution in [2.75, 3.05) is 6.54 Å². The van der Waals surface area contributed by atoms with E-state index in [1.165, 1.54) is 5.56 Å². The summed E-state index contributed by atoms with van der Waals surface area (Å²) < 4.78 is 0.